The Labute approximate surface area is 146 Å². The summed E-state index contributed by atoms with van der Waals surface area (Å²) in [4.78, 5) is 17.1. The molecule has 0 aromatic rings. The predicted octanol–water partition coefficient (Wildman–Crippen LogP) is 2.17. The maximum atomic E-state index is 12.5. The molecule has 1 amide bonds. The van der Waals surface area contributed by atoms with Crippen molar-refractivity contribution in [3.8, 4) is 0 Å². The summed E-state index contributed by atoms with van der Waals surface area (Å²) in [7, 11) is 1.70. The van der Waals surface area contributed by atoms with Gasteiger partial charge in [0.25, 0.3) is 0 Å². The van der Waals surface area contributed by atoms with Crippen LogP contribution in [0, 0.1) is 0 Å². The summed E-state index contributed by atoms with van der Waals surface area (Å²) in [5.41, 5.74) is -0.506. The first-order valence-corrected chi connectivity index (χ1v) is 9.88. The van der Waals surface area contributed by atoms with E-state index in [1.165, 1.54) is 6.42 Å². The molecular formula is C19H34N2O3. The van der Waals surface area contributed by atoms with Crippen LogP contribution >= 0.6 is 0 Å². The largest absolute Gasteiger partial charge is 0.389 e. The van der Waals surface area contributed by atoms with E-state index in [0.717, 1.165) is 64.5 Å². The molecule has 0 spiro atoms. The number of fused-ring (bicyclic) bond motifs is 1. The number of methoxy groups -OCH3 is 1. The average Bonchev–Trinajstić information content (AvgIpc) is 2.73. The second-order valence-corrected chi connectivity index (χ2v) is 8.00. The Bertz CT molecular complexity index is 423. The van der Waals surface area contributed by atoms with Crippen molar-refractivity contribution in [3.63, 3.8) is 0 Å². The third kappa shape index (κ3) is 4.12. The molecule has 138 valence electrons. The second kappa shape index (κ2) is 8.15. The average molecular weight is 338 g/mol. The number of nitrogens with zero attached hydrogens (tertiary/aromatic N) is 2. The number of rotatable bonds is 5. The Balaban J connectivity index is 1.71. The number of aliphatic hydroxyl groups is 1. The molecule has 0 unspecified atom stereocenters. The molecular weight excluding hydrogens is 304 g/mol. The maximum Gasteiger partial charge on any atom is 0.222 e. The molecule has 1 aliphatic carbocycles. The van der Waals surface area contributed by atoms with Crippen LogP contribution in [0.5, 0.6) is 0 Å². The monoisotopic (exact) mass is 338 g/mol. The molecule has 0 aromatic heterocycles. The number of β-amino-alcohol motifs (C(OH)–C–C–N with tert-alkyl or cyclic N) is 1. The third-order valence-electron chi connectivity index (χ3n) is 6.29. The zero-order valence-corrected chi connectivity index (χ0v) is 15.2. The Kier molecular flexibility index (Phi) is 6.17. The molecule has 1 N–H and O–H groups in total. The number of carbonyl (C=O) groups is 1. The van der Waals surface area contributed by atoms with Gasteiger partial charge in [0, 0.05) is 38.7 Å². The highest BCUT2D eigenvalue weighted by molar-refractivity contribution is 5.77. The summed E-state index contributed by atoms with van der Waals surface area (Å²) in [6.45, 7) is 3.17. The summed E-state index contributed by atoms with van der Waals surface area (Å²) < 4.78 is 5.23. The fourth-order valence-electron chi connectivity index (χ4n) is 5.06. The standard InChI is InChI=1S/C19H34N2O3/c1-24-14-13-21-17-8-6-12-20(16(17)7-5-9-18(21)22)15-19(23)10-3-2-4-11-19/h16-17,23H,2-15H2,1H3/t16-,17-/m1/s1. The van der Waals surface area contributed by atoms with Crippen LogP contribution in [0.1, 0.15) is 64.2 Å². The number of piperidine rings is 1. The summed E-state index contributed by atoms with van der Waals surface area (Å²) in [6, 6.07) is 0.712. The van der Waals surface area contributed by atoms with Gasteiger partial charge in [0.1, 0.15) is 0 Å². The van der Waals surface area contributed by atoms with Gasteiger partial charge in [-0.25, -0.2) is 0 Å². The molecule has 2 heterocycles. The van der Waals surface area contributed by atoms with E-state index in [0.29, 0.717) is 31.7 Å². The van der Waals surface area contributed by atoms with Gasteiger partial charge >= 0.3 is 0 Å². The minimum atomic E-state index is -0.506. The van der Waals surface area contributed by atoms with Crippen LogP contribution in [-0.4, -0.2) is 71.8 Å². The molecule has 3 aliphatic rings. The zero-order chi connectivity index (χ0) is 17.0. The first-order valence-electron chi connectivity index (χ1n) is 9.88. The fraction of sp³-hybridized carbons (Fsp3) is 0.947. The van der Waals surface area contributed by atoms with E-state index in [1.54, 1.807) is 7.11 Å². The van der Waals surface area contributed by atoms with Gasteiger partial charge in [0.2, 0.25) is 5.91 Å². The SMILES string of the molecule is COCCN1C(=O)CCC[C@@H]2[C@H]1CCCN2CC1(O)CCCCC1. The summed E-state index contributed by atoms with van der Waals surface area (Å²) in [5.74, 6) is 0.290. The molecule has 3 fully saturated rings. The number of likely N-dealkylation sites (tertiary alicyclic amines) is 2. The first kappa shape index (κ1) is 18.2. The molecule has 0 bridgehead atoms. The number of carbonyl (C=O) groups excluding carboxylic acids is 1. The number of hydrogen-bond acceptors (Lipinski definition) is 4. The highest BCUT2D eigenvalue weighted by Gasteiger charge is 2.41. The smallest absolute Gasteiger partial charge is 0.222 e. The lowest BCUT2D eigenvalue weighted by Crippen LogP contribution is -2.59. The topological polar surface area (TPSA) is 53.0 Å². The van der Waals surface area contributed by atoms with Crippen molar-refractivity contribution in [2.45, 2.75) is 81.9 Å². The van der Waals surface area contributed by atoms with Crippen LogP contribution in [0.4, 0.5) is 0 Å². The van der Waals surface area contributed by atoms with Gasteiger partial charge < -0.3 is 14.7 Å². The Morgan fingerprint density at radius 1 is 1.12 bits per heavy atom. The molecule has 1 saturated carbocycles. The van der Waals surface area contributed by atoms with Crippen molar-refractivity contribution >= 4 is 5.91 Å². The van der Waals surface area contributed by atoms with Crippen molar-refractivity contribution in [1.82, 2.24) is 9.80 Å². The van der Waals surface area contributed by atoms with Crippen molar-refractivity contribution in [1.29, 1.82) is 0 Å². The zero-order valence-electron chi connectivity index (χ0n) is 15.2. The molecule has 5 heteroatoms. The van der Waals surface area contributed by atoms with E-state index in [1.807, 2.05) is 0 Å². The molecule has 2 saturated heterocycles. The Morgan fingerprint density at radius 3 is 2.62 bits per heavy atom. The van der Waals surface area contributed by atoms with Gasteiger partial charge in [-0.2, -0.15) is 0 Å². The Morgan fingerprint density at radius 2 is 1.88 bits per heavy atom. The highest BCUT2D eigenvalue weighted by atomic mass is 16.5. The van der Waals surface area contributed by atoms with Crippen LogP contribution in [0.25, 0.3) is 0 Å². The number of amides is 1. The number of ether oxygens (including phenoxy) is 1. The summed E-state index contributed by atoms with van der Waals surface area (Å²) in [5, 5.41) is 11.0. The Hall–Kier alpha value is -0.650. The molecule has 2 atom stereocenters. The van der Waals surface area contributed by atoms with E-state index < -0.39 is 5.60 Å². The summed E-state index contributed by atoms with van der Waals surface area (Å²) in [6.07, 6.45) is 10.4. The lowest BCUT2D eigenvalue weighted by molar-refractivity contribution is -0.136. The molecule has 2 aliphatic heterocycles. The fourth-order valence-corrected chi connectivity index (χ4v) is 5.06. The minimum Gasteiger partial charge on any atom is -0.389 e. The van der Waals surface area contributed by atoms with Crippen LogP contribution in [0.3, 0.4) is 0 Å². The van der Waals surface area contributed by atoms with Gasteiger partial charge in [0.15, 0.2) is 0 Å². The summed E-state index contributed by atoms with van der Waals surface area (Å²) >= 11 is 0. The second-order valence-electron chi connectivity index (χ2n) is 8.00. The van der Waals surface area contributed by atoms with E-state index in [9.17, 15) is 9.90 Å². The van der Waals surface area contributed by atoms with Crippen molar-refractivity contribution in [3.05, 3.63) is 0 Å². The molecule has 5 nitrogen and oxygen atoms in total. The highest BCUT2D eigenvalue weighted by Crippen LogP contribution is 2.34. The first-order chi connectivity index (χ1) is 11.6. The predicted molar refractivity (Wildman–Crippen MR) is 93.9 cm³/mol. The molecule has 3 rings (SSSR count). The van der Waals surface area contributed by atoms with Gasteiger partial charge in [0.05, 0.1) is 12.2 Å². The quantitative estimate of drug-likeness (QED) is 0.835. The molecule has 0 radical (unpaired) electrons. The molecule has 24 heavy (non-hydrogen) atoms. The van der Waals surface area contributed by atoms with E-state index in [2.05, 4.69) is 9.80 Å². The minimum absolute atomic E-state index is 0.290. The van der Waals surface area contributed by atoms with Crippen LogP contribution < -0.4 is 0 Å². The van der Waals surface area contributed by atoms with Crippen LogP contribution in [0.2, 0.25) is 0 Å². The van der Waals surface area contributed by atoms with E-state index in [4.69, 9.17) is 4.74 Å². The van der Waals surface area contributed by atoms with Crippen molar-refractivity contribution in [2.75, 3.05) is 33.4 Å². The van der Waals surface area contributed by atoms with Gasteiger partial charge in [-0.15, -0.1) is 0 Å². The van der Waals surface area contributed by atoms with Crippen LogP contribution in [0.15, 0.2) is 0 Å². The normalized spacial score (nSPS) is 31.6. The van der Waals surface area contributed by atoms with Gasteiger partial charge in [-0.05, 0) is 45.1 Å². The third-order valence-corrected chi connectivity index (χ3v) is 6.29. The lowest BCUT2D eigenvalue weighted by Gasteiger charge is -2.48. The van der Waals surface area contributed by atoms with Crippen molar-refractivity contribution < 1.29 is 14.6 Å². The van der Waals surface area contributed by atoms with Crippen LogP contribution in [-0.2, 0) is 9.53 Å². The molecule has 0 aromatic carbocycles. The maximum absolute atomic E-state index is 12.5. The van der Waals surface area contributed by atoms with E-state index >= 15 is 0 Å². The van der Waals surface area contributed by atoms with Gasteiger partial charge in [-0.1, -0.05) is 19.3 Å². The van der Waals surface area contributed by atoms with Gasteiger partial charge in [-0.3, -0.25) is 9.69 Å². The number of hydrogen-bond donors (Lipinski definition) is 1. The van der Waals surface area contributed by atoms with E-state index in [-0.39, 0.29) is 5.91 Å². The lowest BCUT2D eigenvalue weighted by atomic mass is 9.82. The van der Waals surface area contributed by atoms with Crippen molar-refractivity contribution in [2.24, 2.45) is 0 Å².